The Balaban J connectivity index is 2.35. The summed E-state index contributed by atoms with van der Waals surface area (Å²) < 4.78 is 118. The minimum atomic E-state index is -5.23. The number of halogens is 10. The van der Waals surface area contributed by atoms with Crippen LogP contribution in [0.4, 0.5) is 45.3 Å². The molecule has 3 rings (SSSR count). The van der Waals surface area contributed by atoms with Crippen molar-refractivity contribution in [3.8, 4) is 5.69 Å². The Bertz CT molecular complexity index is 1080. The third-order valence-corrected chi connectivity index (χ3v) is 4.05. The zero-order valence-electron chi connectivity index (χ0n) is 13.5. The fraction of sp³-hybridized carbons (Fsp3) is 0.200. The molecule has 4 nitrogen and oxygen atoms in total. The summed E-state index contributed by atoms with van der Waals surface area (Å²) in [6.45, 7) is 0. The van der Waals surface area contributed by atoms with Crippen molar-refractivity contribution in [2.75, 3.05) is 5.73 Å². The third-order valence-electron chi connectivity index (χ3n) is 3.76. The minimum absolute atomic E-state index is 0.0422. The molecule has 0 radical (unpaired) electrons. The van der Waals surface area contributed by atoms with Crippen molar-refractivity contribution in [2.24, 2.45) is 0 Å². The van der Waals surface area contributed by atoms with Gasteiger partial charge >= 0.3 is 12.4 Å². The Morgan fingerprint density at radius 1 is 1.00 bits per heavy atom. The van der Waals surface area contributed by atoms with E-state index in [-0.39, 0.29) is 6.07 Å². The molecule has 0 spiro atoms. The number of hydrogen-bond acceptors (Lipinski definition) is 3. The number of anilines is 1. The van der Waals surface area contributed by atoms with Crippen LogP contribution >= 0.6 is 11.6 Å². The van der Waals surface area contributed by atoms with Gasteiger partial charge in [0.15, 0.2) is 11.5 Å². The quantitative estimate of drug-likeness (QED) is 0.506. The van der Waals surface area contributed by atoms with E-state index in [1.54, 1.807) is 0 Å². The molecule has 0 saturated heterocycles. The van der Waals surface area contributed by atoms with Gasteiger partial charge < -0.3 is 5.73 Å². The zero-order chi connectivity index (χ0) is 21.9. The fourth-order valence-corrected chi connectivity index (χ4v) is 2.86. The predicted octanol–water partition coefficient (Wildman–Crippen LogP) is 5.77. The second-order valence-corrected chi connectivity index (χ2v) is 6.08. The lowest BCUT2D eigenvalue weighted by Crippen LogP contribution is -2.12. The molecule has 2 heterocycles. The third kappa shape index (κ3) is 3.66. The molecule has 0 amide bonds. The van der Waals surface area contributed by atoms with Gasteiger partial charge in [0.05, 0.1) is 21.5 Å². The summed E-state index contributed by atoms with van der Waals surface area (Å²) in [7, 11) is 0. The van der Waals surface area contributed by atoms with Crippen LogP contribution in [0.3, 0.4) is 0 Å². The average Bonchev–Trinajstić information content (AvgIpc) is 2.88. The summed E-state index contributed by atoms with van der Waals surface area (Å²) in [5, 5.41) is 1.72. The first-order chi connectivity index (χ1) is 13.2. The van der Waals surface area contributed by atoms with E-state index >= 15 is 0 Å². The van der Waals surface area contributed by atoms with E-state index in [9.17, 15) is 39.5 Å². The van der Waals surface area contributed by atoms with Gasteiger partial charge in [0.1, 0.15) is 17.2 Å². The number of nitrogen functional groups attached to an aromatic ring is 1. The van der Waals surface area contributed by atoms with Crippen LogP contribution in [0.15, 0.2) is 18.2 Å². The molecule has 0 fully saturated rings. The summed E-state index contributed by atoms with van der Waals surface area (Å²) >= 11 is 5.67. The topological polar surface area (TPSA) is 56.7 Å². The van der Waals surface area contributed by atoms with Crippen molar-refractivity contribution < 1.29 is 39.5 Å². The summed E-state index contributed by atoms with van der Waals surface area (Å²) in [6.07, 6.45) is -13.6. The molecule has 156 valence electrons. The van der Waals surface area contributed by atoms with Crippen LogP contribution < -0.4 is 5.73 Å². The minimum Gasteiger partial charge on any atom is -0.383 e. The zero-order valence-corrected chi connectivity index (χ0v) is 14.3. The Labute approximate surface area is 159 Å². The molecular formula is C15H6ClF9N4. The van der Waals surface area contributed by atoms with E-state index in [0.717, 1.165) is 0 Å². The van der Waals surface area contributed by atoms with Gasteiger partial charge in [0.2, 0.25) is 0 Å². The summed E-state index contributed by atoms with van der Waals surface area (Å²) in [5.41, 5.74) is -0.573. The highest BCUT2D eigenvalue weighted by Gasteiger charge is 2.39. The Hall–Kier alpha value is -2.70. The van der Waals surface area contributed by atoms with Crippen LogP contribution in [0.25, 0.3) is 16.6 Å². The molecule has 0 bridgehead atoms. The van der Waals surface area contributed by atoms with E-state index < -0.39 is 69.0 Å². The van der Waals surface area contributed by atoms with Crippen molar-refractivity contribution in [2.45, 2.75) is 18.8 Å². The maximum Gasteiger partial charge on any atom is 0.434 e. The number of fused-ring (bicyclic) bond motifs is 1. The molecule has 0 atom stereocenters. The highest BCUT2D eigenvalue weighted by atomic mass is 35.5. The van der Waals surface area contributed by atoms with Crippen LogP contribution in [0.5, 0.6) is 0 Å². The molecule has 29 heavy (non-hydrogen) atoms. The number of hydrogen-bond donors (Lipinski definition) is 1. The molecule has 14 heteroatoms. The maximum absolute atomic E-state index is 14.3. The number of pyridine rings is 1. The molecule has 1 aromatic carbocycles. The summed E-state index contributed by atoms with van der Waals surface area (Å²) in [6, 6.07) is 0.859. The van der Waals surface area contributed by atoms with Crippen LogP contribution in [-0.2, 0) is 12.4 Å². The Kier molecular flexibility index (Phi) is 4.84. The van der Waals surface area contributed by atoms with Gasteiger partial charge in [-0.15, -0.1) is 0 Å². The first kappa shape index (κ1) is 21.0. The second kappa shape index (κ2) is 6.68. The molecule has 3 aromatic rings. The SMILES string of the molecule is Nc1c2c(C(F)(F)F)nc(C(F)F)cc2nn1-c1c(F)cc(C(F)(F)F)cc1Cl. The van der Waals surface area contributed by atoms with Gasteiger partial charge in [-0.3, -0.25) is 0 Å². The number of benzene rings is 1. The number of aromatic nitrogens is 3. The van der Waals surface area contributed by atoms with E-state index in [1.807, 2.05) is 0 Å². The van der Waals surface area contributed by atoms with Crippen LogP contribution in [0.2, 0.25) is 5.02 Å². The summed E-state index contributed by atoms with van der Waals surface area (Å²) in [4.78, 5) is 2.85. The molecular weight excluding hydrogens is 443 g/mol. The normalized spacial score (nSPS) is 12.9. The van der Waals surface area contributed by atoms with Crippen molar-refractivity contribution in [3.05, 3.63) is 46.0 Å². The molecule has 0 aliphatic heterocycles. The lowest BCUT2D eigenvalue weighted by molar-refractivity contribution is -0.140. The lowest BCUT2D eigenvalue weighted by atomic mass is 10.1. The number of alkyl halides is 8. The highest BCUT2D eigenvalue weighted by Crippen LogP contribution is 2.40. The monoisotopic (exact) mass is 448 g/mol. The number of nitrogens with two attached hydrogens (primary N) is 1. The van der Waals surface area contributed by atoms with Gasteiger partial charge in [-0.25, -0.2) is 22.8 Å². The lowest BCUT2D eigenvalue weighted by Gasteiger charge is -2.12. The fourth-order valence-electron chi connectivity index (χ4n) is 2.57. The van der Waals surface area contributed by atoms with Gasteiger partial charge in [0.25, 0.3) is 6.43 Å². The Morgan fingerprint density at radius 2 is 1.62 bits per heavy atom. The first-order valence-corrected chi connectivity index (χ1v) is 7.70. The van der Waals surface area contributed by atoms with Crippen LogP contribution in [0, 0.1) is 5.82 Å². The van der Waals surface area contributed by atoms with Crippen LogP contribution in [-0.4, -0.2) is 14.8 Å². The van der Waals surface area contributed by atoms with Gasteiger partial charge in [0, 0.05) is 0 Å². The van der Waals surface area contributed by atoms with Crippen molar-refractivity contribution in [3.63, 3.8) is 0 Å². The van der Waals surface area contributed by atoms with Gasteiger partial charge in [-0.1, -0.05) is 11.6 Å². The molecule has 2 aromatic heterocycles. The van der Waals surface area contributed by atoms with Gasteiger partial charge in [-0.2, -0.15) is 31.4 Å². The molecule has 0 aliphatic rings. The van der Waals surface area contributed by atoms with Crippen LogP contribution in [0.1, 0.15) is 23.4 Å². The molecule has 2 N–H and O–H groups in total. The molecule has 0 aliphatic carbocycles. The smallest absolute Gasteiger partial charge is 0.383 e. The second-order valence-electron chi connectivity index (χ2n) is 5.67. The number of rotatable bonds is 2. The Morgan fingerprint density at radius 3 is 2.10 bits per heavy atom. The van der Waals surface area contributed by atoms with E-state index in [4.69, 9.17) is 17.3 Å². The average molecular weight is 449 g/mol. The van der Waals surface area contributed by atoms with Crippen molar-refractivity contribution >= 4 is 28.3 Å². The number of nitrogens with zero attached hydrogens (tertiary/aromatic N) is 3. The van der Waals surface area contributed by atoms with Crippen molar-refractivity contribution in [1.29, 1.82) is 0 Å². The summed E-state index contributed by atoms with van der Waals surface area (Å²) in [5.74, 6) is -2.50. The van der Waals surface area contributed by atoms with E-state index in [0.29, 0.717) is 16.8 Å². The van der Waals surface area contributed by atoms with Crippen molar-refractivity contribution in [1.82, 2.24) is 14.8 Å². The molecule has 0 unspecified atom stereocenters. The molecule has 0 saturated carbocycles. The van der Waals surface area contributed by atoms with E-state index in [1.165, 1.54) is 0 Å². The first-order valence-electron chi connectivity index (χ1n) is 7.33. The maximum atomic E-state index is 14.3. The predicted molar refractivity (Wildman–Crippen MR) is 83.2 cm³/mol. The van der Waals surface area contributed by atoms with E-state index in [2.05, 4.69) is 10.1 Å². The highest BCUT2D eigenvalue weighted by molar-refractivity contribution is 6.32. The van der Waals surface area contributed by atoms with Gasteiger partial charge in [-0.05, 0) is 18.2 Å². The standard InChI is InChI=1S/C15H6ClF9N4/c16-5-1-4(14(20,21)22)2-6(17)10(5)29-13(26)9-7(28-29)3-8(12(18)19)27-11(9)15(23,24)25/h1-3,12H,26H2. The largest absolute Gasteiger partial charge is 0.434 e.